The van der Waals surface area contributed by atoms with Gasteiger partial charge in [-0.1, -0.05) is 17.7 Å². The molecule has 37 heavy (non-hydrogen) atoms. The van der Waals surface area contributed by atoms with Crippen LogP contribution in [0.25, 0.3) is 0 Å². The lowest BCUT2D eigenvalue weighted by atomic mass is 9.95. The third-order valence-electron chi connectivity index (χ3n) is 6.20. The lowest BCUT2D eigenvalue weighted by molar-refractivity contribution is -0.174. The SMILES string of the molecule is O=C(O)[C@H](CCN(CCCCc1ccc2c(n1)CCCC2)CCOCC(F)(F)F)Nc1cc(Cl)ncn1. The Morgan fingerprint density at radius 3 is 2.73 bits per heavy atom. The second-order valence-electron chi connectivity index (χ2n) is 9.13. The second kappa shape index (κ2) is 14.4. The monoisotopic (exact) mass is 543 g/mol. The molecule has 0 spiro atoms. The van der Waals surface area contributed by atoms with E-state index in [4.69, 9.17) is 21.3 Å². The largest absolute Gasteiger partial charge is 0.480 e. The first-order valence-electron chi connectivity index (χ1n) is 12.5. The predicted octanol–water partition coefficient (Wildman–Crippen LogP) is 4.56. The molecule has 0 aromatic carbocycles. The molecular weight excluding hydrogens is 511 g/mol. The third kappa shape index (κ3) is 10.8. The van der Waals surface area contributed by atoms with Gasteiger partial charge in [-0.15, -0.1) is 0 Å². The first kappa shape index (κ1) is 29.1. The van der Waals surface area contributed by atoms with E-state index in [1.165, 1.54) is 36.5 Å². The summed E-state index contributed by atoms with van der Waals surface area (Å²) in [6.45, 7) is -0.183. The minimum Gasteiger partial charge on any atom is -0.480 e. The smallest absolute Gasteiger partial charge is 0.411 e. The molecule has 0 amide bonds. The number of fused-ring (bicyclic) bond motifs is 1. The molecule has 2 heterocycles. The average Bonchev–Trinajstić information content (AvgIpc) is 2.85. The summed E-state index contributed by atoms with van der Waals surface area (Å²) in [6.07, 6.45) is 4.03. The fourth-order valence-corrected chi connectivity index (χ4v) is 4.43. The zero-order chi connectivity index (χ0) is 26.7. The van der Waals surface area contributed by atoms with Crippen LogP contribution in [0.3, 0.4) is 0 Å². The number of rotatable bonds is 15. The van der Waals surface area contributed by atoms with E-state index in [9.17, 15) is 23.1 Å². The number of halogens is 4. The van der Waals surface area contributed by atoms with Crippen molar-refractivity contribution in [3.8, 4) is 0 Å². The topological polar surface area (TPSA) is 100 Å². The van der Waals surface area contributed by atoms with E-state index < -0.39 is 24.8 Å². The molecule has 1 atom stereocenters. The minimum atomic E-state index is -4.39. The van der Waals surface area contributed by atoms with Gasteiger partial charge in [-0.3, -0.25) is 4.98 Å². The molecule has 12 heteroatoms. The number of carboxylic acid groups (broad SMARTS) is 1. The van der Waals surface area contributed by atoms with Gasteiger partial charge in [-0.2, -0.15) is 13.2 Å². The first-order chi connectivity index (χ1) is 17.7. The highest BCUT2D eigenvalue weighted by molar-refractivity contribution is 6.29. The number of unbranched alkanes of at least 4 members (excludes halogenated alkanes) is 1. The number of aliphatic carboxylic acids is 1. The fourth-order valence-electron chi connectivity index (χ4n) is 4.29. The quantitative estimate of drug-likeness (QED) is 0.249. The minimum absolute atomic E-state index is 0.0986. The number of nitrogens with zero attached hydrogens (tertiary/aromatic N) is 4. The molecule has 2 aromatic heterocycles. The van der Waals surface area contributed by atoms with Crippen molar-refractivity contribution in [2.75, 3.05) is 38.2 Å². The van der Waals surface area contributed by atoms with Crippen molar-refractivity contribution >= 4 is 23.4 Å². The van der Waals surface area contributed by atoms with Crippen molar-refractivity contribution < 1.29 is 27.8 Å². The number of carbonyl (C=O) groups is 1. The summed E-state index contributed by atoms with van der Waals surface area (Å²) in [7, 11) is 0. The van der Waals surface area contributed by atoms with Crippen LogP contribution in [0.4, 0.5) is 19.0 Å². The van der Waals surface area contributed by atoms with Crippen molar-refractivity contribution in [3.05, 3.63) is 46.6 Å². The molecule has 0 unspecified atom stereocenters. The Labute approximate surface area is 219 Å². The molecule has 0 fully saturated rings. The van der Waals surface area contributed by atoms with Gasteiger partial charge in [0.05, 0.1) is 6.61 Å². The Balaban J connectivity index is 1.50. The van der Waals surface area contributed by atoms with Gasteiger partial charge in [0.15, 0.2) is 0 Å². The van der Waals surface area contributed by atoms with E-state index in [2.05, 4.69) is 27.4 Å². The number of pyridine rings is 1. The van der Waals surface area contributed by atoms with Crippen LogP contribution in [-0.2, 0) is 28.8 Å². The Kier molecular flexibility index (Phi) is 11.3. The van der Waals surface area contributed by atoms with Gasteiger partial charge in [0, 0.05) is 30.5 Å². The molecule has 2 aromatic rings. The summed E-state index contributed by atoms with van der Waals surface area (Å²) in [6, 6.07) is 4.72. The van der Waals surface area contributed by atoms with Gasteiger partial charge in [0.1, 0.15) is 29.9 Å². The van der Waals surface area contributed by atoms with E-state index in [-0.39, 0.29) is 30.5 Å². The summed E-state index contributed by atoms with van der Waals surface area (Å²) in [5, 5.41) is 12.6. The fraction of sp³-hybridized carbons (Fsp3) is 0.600. The van der Waals surface area contributed by atoms with Gasteiger partial charge in [0.2, 0.25) is 0 Å². The number of carboxylic acids is 1. The van der Waals surface area contributed by atoms with Gasteiger partial charge in [0.25, 0.3) is 0 Å². The molecule has 204 valence electrons. The lowest BCUT2D eigenvalue weighted by Gasteiger charge is -2.24. The molecule has 0 saturated heterocycles. The highest BCUT2D eigenvalue weighted by Gasteiger charge is 2.27. The van der Waals surface area contributed by atoms with E-state index in [0.29, 0.717) is 13.1 Å². The van der Waals surface area contributed by atoms with Gasteiger partial charge in [-0.05, 0) is 69.5 Å². The van der Waals surface area contributed by atoms with Crippen LogP contribution in [0.15, 0.2) is 24.5 Å². The van der Waals surface area contributed by atoms with Crippen molar-refractivity contribution in [2.45, 2.75) is 63.6 Å². The molecular formula is C25H33ClF3N5O3. The highest BCUT2D eigenvalue weighted by atomic mass is 35.5. The molecule has 0 saturated carbocycles. The maximum absolute atomic E-state index is 12.4. The molecule has 3 rings (SSSR count). The molecule has 8 nitrogen and oxygen atoms in total. The number of ether oxygens (including phenoxy) is 1. The summed E-state index contributed by atoms with van der Waals surface area (Å²) in [4.78, 5) is 26.3. The third-order valence-corrected chi connectivity index (χ3v) is 6.41. The van der Waals surface area contributed by atoms with Gasteiger partial charge in [-0.25, -0.2) is 14.8 Å². The van der Waals surface area contributed by atoms with Crippen molar-refractivity contribution in [1.29, 1.82) is 0 Å². The number of nitrogens with one attached hydrogen (secondary N) is 1. The number of anilines is 1. The van der Waals surface area contributed by atoms with Crippen LogP contribution < -0.4 is 5.32 Å². The van der Waals surface area contributed by atoms with Crippen LogP contribution >= 0.6 is 11.6 Å². The van der Waals surface area contributed by atoms with Gasteiger partial charge < -0.3 is 20.1 Å². The maximum Gasteiger partial charge on any atom is 0.411 e. The summed E-state index contributed by atoms with van der Waals surface area (Å²) < 4.78 is 42.1. The Morgan fingerprint density at radius 2 is 1.97 bits per heavy atom. The zero-order valence-electron chi connectivity index (χ0n) is 20.6. The number of hydrogen-bond donors (Lipinski definition) is 2. The highest BCUT2D eigenvalue weighted by Crippen LogP contribution is 2.20. The van der Waals surface area contributed by atoms with Crippen LogP contribution in [0.1, 0.15) is 49.1 Å². The molecule has 0 aliphatic heterocycles. The molecule has 1 aliphatic carbocycles. The lowest BCUT2D eigenvalue weighted by Crippen LogP contribution is -2.37. The standard InChI is InChI=1S/C25H33ClF3N5O3/c26-22-15-23(31-17-30-22)33-21(24(35)36)10-12-34(13-14-37-16-25(27,28)29)11-4-3-6-19-9-8-18-5-1-2-7-20(18)32-19/h8-9,15,17,21H,1-7,10-14,16H2,(H,35,36)(H,30,31,33)/t21-/m0/s1. The number of aromatic nitrogens is 3. The molecule has 1 aliphatic rings. The van der Waals surface area contributed by atoms with E-state index in [1.54, 1.807) is 0 Å². The van der Waals surface area contributed by atoms with Gasteiger partial charge >= 0.3 is 12.1 Å². The molecule has 2 N–H and O–H groups in total. The van der Waals surface area contributed by atoms with Crippen molar-refractivity contribution in [1.82, 2.24) is 19.9 Å². The average molecular weight is 544 g/mol. The van der Waals surface area contributed by atoms with E-state index in [0.717, 1.165) is 37.8 Å². The Bertz CT molecular complexity index is 1010. The van der Waals surface area contributed by atoms with E-state index in [1.807, 2.05) is 4.90 Å². The van der Waals surface area contributed by atoms with Crippen LogP contribution in [-0.4, -0.2) is 76.0 Å². The Morgan fingerprint density at radius 1 is 1.16 bits per heavy atom. The summed E-state index contributed by atoms with van der Waals surface area (Å²) in [5.41, 5.74) is 3.59. The molecule has 0 bridgehead atoms. The van der Waals surface area contributed by atoms with Crippen LogP contribution in [0.2, 0.25) is 5.15 Å². The van der Waals surface area contributed by atoms with Crippen LogP contribution in [0, 0.1) is 0 Å². The normalized spacial score (nSPS) is 14.4. The second-order valence-corrected chi connectivity index (χ2v) is 9.52. The predicted molar refractivity (Wildman–Crippen MR) is 134 cm³/mol. The first-order valence-corrected chi connectivity index (χ1v) is 12.9. The zero-order valence-corrected chi connectivity index (χ0v) is 21.4. The number of alkyl halides is 3. The van der Waals surface area contributed by atoms with E-state index >= 15 is 0 Å². The van der Waals surface area contributed by atoms with Crippen molar-refractivity contribution in [2.24, 2.45) is 0 Å². The molecule has 0 radical (unpaired) electrons. The van der Waals surface area contributed by atoms with Crippen molar-refractivity contribution in [3.63, 3.8) is 0 Å². The summed E-state index contributed by atoms with van der Waals surface area (Å²) in [5.74, 6) is -0.786. The maximum atomic E-state index is 12.4. The van der Waals surface area contributed by atoms with Crippen LogP contribution in [0.5, 0.6) is 0 Å². The number of hydrogen-bond acceptors (Lipinski definition) is 7. The summed E-state index contributed by atoms with van der Waals surface area (Å²) >= 11 is 5.84. The Hall–Kier alpha value is -2.50. The number of aryl methyl sites for hydroxylation is 3.